The SMILES string of the molecule is O=C(NC1CCCCC1)ON1C(=O)CN(Cc2ccccc2)C1=O. The predicted molar refractivity (Wildman–Crippen MR) is 85.6 cm³/mol. The van der Waals surface area contributed by atoms with E-state index in [2.05, 4.69) is 5.32 Å². The number of hydrogen-bond donors (Lipinski definition) is 1. The first-order valence-corrected chi connectivity index (χ1v) is 8.28. The Morgan fingerprint density at radius 1 is 1.12 bits per heavy atom. The summed E-state index contributed by atoms with van der Waals surface area (Å²) < 4.78 is 0. The summed E-state index contributed by atoms with van der Waals surface area (Å²) in [6.07, 6.45) is 4.36. The van der Waals surface area contributed by atoms with Gasteiger partial charge in [-0.1, -0.05) is 54.7 Å². The lowest BCUT2D eigenvalue weighted by molar-refractivity contribution is -0.147. The summed E-state index contributed by atoms with van der Waals surface area (Å²) in [7, 11) is 0. The van der Waals surface area contributed by atoms with Gasteiger partial charge in [-0.05, 0) is 18.4 Å². The van der Waals surface area contributed by atoms with Gasteiger partial charge in [-0.2, -0.15) is 0 Å². The van der Waals surface area contributed by atoms with Gasteiger partial charge < -0.3 is 15.1 Å². The van der Waals surface area contributed by atoms with Gasteiger partial charge in [-0.15, -0.1) is 0 Å². The summed E-state index contributed by atoms with van der Waals surface area (Å²) in [6, 6.07) is 8.80. The molecule has 24 heavy (non-hydrogen) atoms. The first kappa shape index (κ1) is 16.3. The van der Waals surface area contributed by atoms with Gasteiger partial charge in [0.05, 0.1) is 0 Å². The van der Waals surface area contributed by atoms with Gasteiger partial charge >= 0.3 is 12.1 Å². The molecule has 0 unspecified atom stereocenters. The van der Waals surface area contributed by atoms with Crippen molar-refractivity contribution in [1.82, 2.24) is 15.3 Å². The number of benzene rings is 1. The number of rotatable bonds is 4. The zero-order chi connectivity index (χ0) is 16.9. The number of imide groups is 1. The molecule has 1 saturated heterocycles. The van der Waals surface area contributed by atoms with Gasteiger partial charge in [0.1, 0.15) is 6.54 Å². The Kier molecular flexibility index (Phi) is 4.98. The molecule has 2 aliphatic rings. The maximum absolute atomic E-state index is 12.3. The Morgan fingerprint density at radius 2 is 1.83 bits per heavy atom. The lowest BCUT2D eigenvalue weighted by Gasteiger charge is -2.23. The highest BCUT2D eigenvalue weighted by atomic mass is 16.7. The van der Waals surface area contributed by atoms with Crippen LogP contribution in [0.15, 0.2) is 30.3 Å². The molecule has 2 fully saturated rings. The van der Waals surface area contributed by atoms with Crippen LogP contribution in [0.4, 0.5) is 9.59 Å². The molecule has 1 aromatic rings. The van der Waals surface area contributed by atoms with Crippen molar-refractivity contribution in [3.8, 4) is 0 Å². The molecule has 7 heteroatoms. The van der Waals surface area contributed by atoms with Crippen LogP contribution >= 0.6 is 0 Å². The summed E-state index contributed by atoms with van der Waals surface area (Å²) in [5.74, 6) is -0.533. The average Bonchev–Trinajstić information content (AvgIpc) is 2.84. The number of nitrogens with one attached hydrogen (secondary N) is 1. The first-order valence-electron chi connectivity index (χ1n) is 8.28. The third-order valence-corrected chi connectivity index (χ3v) is 4.31. The number of amides is 4. The topological polar surface area (TPSA) is 79.0 Å². The van der Waals surface area contributed by atoms with Crippen molar-refractivity contribution in [3.05, 3.63) is 35.9 Å². The van der Waals surface area contributed by atoms with Crippen molar-refractivity contribution in [3.63, 3.8) is 0 Å². The van der Waals surface area contributed by atoms with Crippen LogP contribution in [0.1, 0.15) is 37.7 Å². The highest BCUT2D eigenvalue weighted by Crippen LogP contribution is 2.18. The molecule has 1 saturated carbocycles. The van der Waals surface area contributed by atoms with E-state index in [1.54, 1.807) is 0 Å². The Balaban J connectivity index is 1.54. The van der Waals surface area contributed by atoms with E-state index in [0.717, 1.165) is 31.2 Å². The van der Waals surface area contributed by atoms with E-state index >= 15 is 0 Å². The molecule has 1 aromatic carbocycles. The second-order valence-corrected chi connectivity index (χ2v) is 6.17. The fourth-order valence-electron chi connectivity index (χ4n) is 3.07. The summed E-state index contributed by atoms with van der Waals surface area (Å²) in [4.78, 5) is 42.5. The summed E-state index contributed by atoms with van der Waals surface area (Å²) in [5.41, 5.74) is 0.909. The van der Waals surface area contributed by atoms with Crippen molar-refractivity contribution in [2.45, 2.75) is 44.7 Å². The maximum atomic E-state index is 12.3. The van der Waals surface area contributed by atoms with Crippen LogP contribution in [0.3, 0.4) is 0 Å². The van der Waals surface area contributed by atoms with Crippen LogP contribution in [0.2, 0.25) is 0 Å². The molecule has 0 atom stereocenters. The third-order valence-electron chi connectivity index (χ3n) is 4.31. The van der Waals surface area contributed by atoms with Crippen LogP contribution < -0.4 is 5.32 Å². The van der Waals surface area contributed by atoms with Crippen LogP contribution in [0.25, 0.3) is 0 Å². The van der Waals surface area contributed by atoms with E-state index in [0.29, 0.717) is 11.6 Å². The monoisotopic (exact) mass is 331 g/mol. The zero-order valence-electron chi connectivity index (χ0n) is 13.4. The van der Waals surface area contributed by atoms with E-state index in [1.807, 2.05) is 30.3 Å². The lowest BCUT2D eigenvalue weighted by Crippen LogP contribution is -2.42. The van der Waals surface area contributed by atoms with Crippen molar-refractivity contribution in [1.29, 1.82) is 0 Å². The summed E-state index contributed by atoms with van der Waals surface area (Å²) in [5, 5.41) is 3.28. The predicted octanol–water partition coefficient (Wildman–Crippen LogP) is 2.42. The Morgan fingerprint density at radius 3 is 2.54 bits per heavy atom. The number of hydroxylamine groups is 2. The molecule has 3 rings (SSSR count). The molecule has 128 valence electrons. The first-order chi connectivity index (χ1) is 11.6. The van der Waals surface area contributed by atoms with E-state index in [1.165, 1.54) is 11.3 Å². The molecule has 0 spiro atoms. The standard InChI is InChI=1S/C17H21N3O4/c21-15-12-19(11-13-7-3-1-4-8-13)17(23)20(15)24-16(22)18-14-9-5-2-6-10-14/h1,3-4,7-8,14H,2,5-6,9-12H2,(H,18,22). The van der Waals surface area contributed by atoms with E-state index in [-0.39, 0.29) is 12.6 Å². The van der Waals surface area contributed by atoms with Crippen molar-refractivity contribution >= 4 is 18.0 Å². The minimum absolute atomic E-state index is 0.0551. The second-order valence-electron chi connectivity index (χ2n) is 6.17. The Hall–Kier alpha value is -2.57. The Bertz CT molecular complexity index is 614. The number of carbonyl (C=O) groups excluding carboxylic acids is 3. The zero-order valence-corrected chi connectivity index (χ0v) is 13.4. The van der Waals surface area contributed by atoms with E-state index in [4.69, 9.17) is 4.84 Å². The fourth-order valence-corrected chi connectivity index (χ4v) is 3.07. The van der Waals surface area contributed by atoms with Crippen molar-refractivity contribution in [2.75, 3.05) is 6.54 Å². The molecule has 0 aromatic heterocycles. The molecule has 1 aliphatic heterocycles. The molecule has 4 amide bonds. The molecule has 7 nitrogen and oxygen atoms in total. The van der Waals surface area contributed by atoms with E-state index < -0.39 is 18.0 Å². The number of nitrogens with zero attached hydrogens (tertiary/aromatic N) is 2. The number of urea groups is 1. The summed E-state index contributed by atoms with van der Waals surface area (Å²) >= 11 is 0. The highest BCUT2D eigenvalue weighted by molar-refractivity contribution is 6.01. The molecule has 0 radical (unpaired) electrons. The smallest absolute Gasteiger partial charge is 0.317 e. The van der Waals surface area contributed by atoms with Crippen LogP contribution in [0, 0.1) is 0 Å². The number of hydrogen-bond acceptors (Lipinski definition) is 4. The molecular formula is C17H21N3O4. The van der Waals surface area contributed by atoms with Crippen LogP contribution in [-0.4, -0.2) is 40.6 Å². The quantitative estimate of drug-likeness (QED) is 0.860. The maximum Gasteiger partial charge on any atom is 0.432 e. The van der Waals surface area contributed by atoms with Gasteiger partial charge in [0.25, 0.3) is 5.91 Å². The third kappa shape index (κ3) is 3.84. The van der Waals surface area contributed by atoms with Crippen molar-refractivity contribution in [2.24, 2.45) is 0 Å². The van der Waals surface area contributed by atoms with Gasteiger partial charge in [-0.3, -0.25) is 4.79 Å². The fraction of sp³-hybridized carbons (Fsp3) is 0.471. The lowest BCUT2D eigenvalue weighted by atomic mass is 9.96. The molecule has 0 bridgehead atoms. The van der Waals surface area contributed by atoms with Gasteiger partial charge in [0.15, 0.2) is 0 Å². The van der Waals surface area contributed by atoms with Crippen molar-refractivity contribution < 1.29 is 19.2 Å². The second kappa shape index (κ2) is 7.33. The minimum atomic E-state index is -0.745. The molecular weight excluding hydrogens is 310 g/mol. The average molecular weight is 331 g/mol. The highest BCUT2D eigenvalue weighted by Gasteiger charge is 2.39. The van der Waals surface area contributed by atoms with Crippen LogP contribution in [0.5, 0.6) is 0 Å². The molecule has 1 N–H and O–H groups in total. The van der Waals surface area contributed by atoms with Crippen LogP contribution in [-0.2, 0) is 16.2 Å². The molecule has 1 aliphatic carbocycles. The molecule has 1 heterocycles. The number of carbonyl (C=O) groups is 3. The van der Waals surface area contributed by atoms with E-state index in [9.17, 15) is 14.4 Å². The minimum Gasteiger partial charge on any atom is -0.317 e. The largest absolute Gasteiger partial charge is 0.432 e. The van der Waals surface area contributed by atoms with Gasteiger partial charge in [-0.25, -0.2) is 9.59 Å². The summed E-state index contributed by atoms with van der Waals surface area (Å²) in [6.45, 7) is 0.208. The normalized spacial score (nSPS) is 18.8. The Labute approximate surface area is 140 Å². The van der Waals surface area contributed by atoms with Gasteiger partial charge in [0, 0.05) is 12.6 Å². The van der Waals surface area contributed by atoms with Gasteiger partial charge in [0.2, 0.25) is 0 Å².